The number of benzene rings is 6. The summed E-state index contributed by atoms with van der Waals surface area (Å²) in [5, 5.41) is 17.8. The van der Waals surface area contributed by atoms with E-state index in [0.717, 1.165) is 44.1 Å². The number of hydrogen-bond acceptors (Lipinski definition) is 5. The first-order valence-corrected chi connectivity index (χ1v) is 14.4. The van der Waals surface area contributed by atoms with Gasteiger partial charge in [0.25, 0.3) is 0 Å². The van der Waals surface area contributed by atoms with Crippen LogP contribution in [0.5, 0.6) is 23.0 Å². The minimum absolute atomic E-state index is 0.231. The zero-order valence-electron chi connectivity index (χ0n) is 23.3. The summed E-state index contributed by atoms with van der Waals surface area (Å²) in [6.07, 6.45) is 5.50. The predicted octanol–water partition coefficient (Wildman–Crippen LogP) is 8.12. The molecule has 40 heavy (non-hydrogen) atoms. The van der Waals surface area contributed by atoms with Gasteiger partial charge in [-0.3, -0.25) is 14.7 Å². The van der Waals surface area contributed by atoms with Crippen molar-refractivity contribution < 1.29 is 19.3 Å². The van der Waals surface area contributed by atoms with Crippen molar-refractivity contribution in [2.24, 2.45) is 0 Å². The maximum atomic E-state index is 14.0. The molecule has 0 N–H and O–H groups in total. The van der Waals surface area contributed by atoms with Gasteiger partial charge in [-0.2, -0.15) is 0 Å². The van der Waals surface area contributed by atoms with Gasteiger partial charge in [0.1, 0.15) is 17.2 Å². The SMILES string of the molecule is CCCCOc1cc2c3c(c1)c(=O)c1cc(OCCCC)cc4c([O])c5cc(OCCCC)cc(c2=O)c5c-3c41. The third-order valence-electron chi connectivity index (χ3n) is 7.85. The monoisotopic (exact) mass is 537 g/mol. The second-order valence-electron chi connectivity index (χ2n) is 10.6. The van der Waals surface area contributed by atoms with Crippen LogP contribution in [0.4, 0.5) is 0 Å². The Hall–Kier alpha value is -4.06. The van der Waals surface area contributed by atoms with Crippen LogP contribution in [-0.4, -0.2) is 19.8 Å². The summed E-state index contributed by atoms with van der Waals surface area (Å²) in [6.45, 7) is 7.73. The molecule has 2 aliphatic carbocycles. The van der Waals surface area contributed by atoms with Crippen LogP contribution in [0.2, 0.25) is 0 Å². The van der Waals surface area contributed by atoms with Crippen molar-refractivity contribution in [3.63, 3.8) is 0 Å². The fourth-order valence-electron chi connectivity index (χ4n) is 5.79. The van der Waals surface area contributed by atoms with Crippen molar-refractivity contribution >= 4 is 43.1 Å². The first kappa shape index (κ1) is 26.2. The van der Waals surface area contributed by atoms with Gasteiger partial charge in [-0.25, -0.2) is 0 Å². The fraction of sp³-hybridized carbons (Fsp3) is 0.353. The standard InChI is InChI=1S/C34H33O6/c1-4-7-10-38-19-13-22-28-23(14-19)33(36)25-16-21(40-12-9-6-3)18-27-30(25)31(28)29-24(32(22)35)15-20(39-11-8-5-2)17-26(29)34(27)37/h13-18H,4-12H2,1-3H3. The second-order valence-corrected chi connectivity index (χ2v) is 10.6. The molecule has 0 heterocycles. The largest absolute Gasteiger partial charge is 0.494 e. The molecule has 6 nitrogen and oxygen atoms in total. The molecule has 0 saturated carbocycles. The Kier molecular flexibility index (Phi) is 6.87. The van der Waals surface area contributed by atoms with E-state index < -0.39 is 0 Å². The molecule has 0 amide bonds. The third-order valence-corrected chi connectivity index (χ3v) is 7.85. The van der Waals surface area contributed by atoms with Gasteiger partial charge in [0.2, 0.25) is 0 Å². The molecule has 4 aromatic rings. The molecule has 6 rings (SSSR count). The van der Waals surface area contributed by atoms with Crippen LogP contribution in [0.15, 0.2) is 46.0 Å². The Balaban J connectivity index is 1.75. The highest BCUT2D eigenvalue weighted by Gasteiger charge is 2.30. The second kappa shape index (κ2) is 10.5. The highest BCUT2D eigenvalue weighted by molar-refractivity contribution is 6.32. The Bertz CT molecular complexity index is 1770. The van der Waals surface area contributed by atoms with E-state index in [1.807, 2.05) is 0 Å². The lowest BCUT2D eigenvalue weighted by atomic mass is 9.80. The summed E-state index contributed by atoms with van der Waals surface area (Å²) in [5.41, 5.74) is 0.890. The van der Waals surface area contributed by atoms with Crippen LogP contribution in [0.1, 0.15) is 59.3 Å². The minimum Gasteiger partial charge on any atom is -0.494 e. The van der Waals surface area contributed by atoms with E-state index in [0.29, 0.717) is 85.7 Å². The van der Waals surface area contributed by atoms with E-state index in [2.05, 4.69) is 20.8 Å². The highest BCUT2D eigenvalue weighted by Crippen LogP contribution is 2.51. The molecule has 4 aromatic carbocycles. The normalized spacial score (nSPS) is 12.1. The molecular weight excluding hydrogens is 504 g/mol. The first-order valence-electron chi connectivity index (χ1n) is 14.4. The van der Waals surface area contributed by atoms with Gasteiger partial charge in [-0.15, -0.1) is 0 Å². The Morgan fingerprint density at radius 3 is 1.23 bits per heavy atom. The van der Waals surface area contributed by atoms with E-state index in [4.69, 9.17) is 14.2 Å². The van der Waals surface area contributed by atoms with E-state index in [1.165, 1.54) is 0 Å². The minimum atomic E-state index is -0.231. The van der Waals surface area contributed by atoms with Gasteiger partial charge in [-0.1, -0.05) is 40.0 Å². The third kappa shape index (κ3) is 4.09. The zero-order chi connectivity index (χ0) is 28.0. The number of ether oxygens (including phenoxy) is 3. The molecule has 6 heteroatoms. The Morgan fingerprint density at radius 2 is 0.850 bits per heavy atom. The van der Waals surface area contributed by atoms with Crippen LogP contribution < -0.4 is 25.1 Å². The summed E-state index contributed by atoms with van der Waals surface area (Å²) < 4.78 is 18.0. The lowest BCUT2D eigenvalue weighted by molar-refractivity contribution is 0.309. The fourth-order valence-corrected chi connectivity index (χ4v) is 5.79. The van der Waals surface area contributed by atoms with Crippen molar-refractivity contribution in [1.82, 2.24) is 0 Å². The Morgan fingerprint density at radius 1 is 0.500 bits per heavy atom. The molecule has 0 aromatic heterocycles. The molecular formula is C34H33O6. The molecule has 0 fully saturated rings. The van der Waals surface area contributed by atoms with Gasteiger partial charge in [0, 0.05) is 54.2 Å². The lowest BCUT2D eigenvalue weighted by Crippen LogP contribution is -2.14. The molecule has 0 bridgehead atoms. The van der Waals surface area contributed by atoms with Crippen molar-refractivity contribution in [3.8, 4) is 34.1 Å². The van der Waals surface area contributed by atoms with E-state index in [-0.39, 0.29) is 16.6 Å². The summed E-state index contributed by atoms with van der Waals surface area (Å²) in [7, 11) is 0. The van der Waals surface area contributed by atoms with Crippen LogP contribution in [0.3, 0.4) is 0 Å². The van der Waals surface area contributed by atoms with Gasteiger partial charge in [0.05, 0.1) is 19.8 Å². The van der Waals surface area contributed by atoms with Crippen LogP contribution in [0.25, 0.3) is 54.2 Å². The molecule has 0 unspecified atom stereocenters. The van der Waals surface area contributed by atoms with Crippen molar-refractivity contribution in [2.45, 2.75) is 59.3 Å². The molecule has 0 atom stereocenters. The van der Waals surface area contributed by atoms with Gasteiger partial charge < -0.3 is 14.2 Å². The van der Waals surface area contributed by atoms with Gasteiger partial charge in [-0.05, 0) is 55.7 Å². The maximum Gasteiger partial charge on any atom is 0.194 e. The molecule has 0 saturated heterocycles. The number of hydrogen-bond donors (Lipinski definition) is 0. The van der Waals surface area contributed by atoms with Crippen molar-refractivity contribution in [3.05, 3.63) is 56.8 Å². The molecule has 2 aliphatic rings. The van der Waals surface area contributed by atoms with Crippen molar-refractivity contribution in [2.75, 3.05) is 19.8 Å². The van der Waals surface area contributed by atoms with E-state index in [9.17, 15) is 14.7 Å². The number of rotatable bonds is 12. The summed E-state index contributed by atoms with van der Waals surface area (Å²) >= 11 is 0. The average molecular weight is 538 g/mol. The number of unbranched alkanes of at least 4 members (excludes halogenated alkanes) is 3. The van der Waals surface area contributed by atoms with E-state index >= 15 is 0 Å². The quantitative estimate of drug-likeness (QED) is 0.0894. The van der Waals surface area contributed by atoms with Gasteiger partial charge >= 0.3 is 0 Å². The molecule has 0 spiro atoms. The van der Waals surface area contributed by atoms with Crippen LogP contribution in [-0.2, 0) is 5.11 Å². The average Bonchev–Trinajstić information content (AvgIpc) is 2.96. The Labute approximate surface area is 232 Å². The van der Waals surface area contributed by atoms with Crippen molar-refractivity contribution in [1.29, 1.82) is 0 Å². The van der Waals surface area contributed by atoms with Gasteiger partial charge in [0.15, 0.2) is 16.6 Å². The summed E-state index contributed by atoms with van der Waals surface area (Å²) in [6, 6.07) is 10.5. The van der Waals surface area contributed by atoms with E-state index in [1.54, 1.807) is 36.4 Å². The first-order chi connectivity index (χ1) is 19.5. The lowest BCUT2D eigenvalue weighted by Gasteiger charge is -2.23. The topological polar surface area (TPSA) is 81.7 Å². The van der Waals surface area contributed by atoms with Crippen LogP contribution in [0, 0.1) is 0 Å². The highest BCUT2D eigenvalue weighted by atomic mass is 16.5. The summed E-state index contributed by atoms with van der Waals surface area (Å²) in [5.74, 6) is 1.25. The maximum absolute atomic E-state index is 14.0. The molecule has 0 aliphatic heterocycles. The summed E-state index contributed by atoms with van der Waals surface area (Å²) in [4.78, 5) is 28.1. The molecule has 1 radical (unpaired) electrons. The molecule has 205 valence electrons. The van der Waals surface area contributed by atoms with Crippen LogP contribution >= 0.6 is 0 Å². The smallest absolute Gasteiger partial charge is 0.194 e. The predicted molar refractivity (Wildman–Crippen MR) is 161 cm³/mol. The zero-order valence-corrected chi connectivity index (χ0v) is 23.3.